The summed E-state index contributed by atoms with van der Waals surface area (Å²) in [6.45, 7) is 1.54. The Bertz CT molecular complexity index is 347. The van der Waals surface area contributed by atoms with Crippen LogP contribution in [0.1, 0.15) is 22.7 Å². The van der Waals surface area contributed by atoms with Crippen LogP contribution in [0.4, 0.5) is 13.2 Å². The Kier molecular flexibility index (Phi) is 3.36. The van der Waals surface area contributed by atoms with Crippen molar-refractivity contribution < 1.29 is 13.2 Å². The second-order valence-corrected chi connectivity index (χ2v) is 3.41. The van der Waals surface area contributed by atoms with E-state index in [9.17, 15) is 13.2 Å². The molecule has 0 aliphatic carbocycles. The lowest BCUT2D eigenvalue weighted by Gasteiger charge is -2.14. The Labute approximate surface area is 86.1 Å². The quantitative estimate of drug-likeness (QED) is 0.797. The molecular weight excluding hydrogens is 205 g/mol. The van der Waals surface area contributed by atoms with Crippen molar-refractivity contribution in [1.29, 1.82) is 0 Å². The van der Waals surface area contributed by atoms with Gasteiger partial charge in [0.15, 0.2) is 0 Å². The van der Waals surface area contributed by atoms with E-state index < -0.39 is 17.8 Å². The molecule has 0 bridgehead atoms. The van der Waals surface area contributed by atoms with Crippen LogP contribution in [0.2, 0.25) is 0 Å². The number of halogens is 3. The van der Waals surface area contributed by atoms with Crippen LogP contribution in [0, 0.1) is 6.92 Å². The van der Waals surface area contributed by atoms with E-state index in [1.54, 1.807) is 6.07 Å². The summed E-state index contributed by atoms with van der Waals surface area (Å²) in [5, 5.41) is 0. The van der Waals surface area contributed by atoms with Gasteiger partial charge in [0.05, 0.1) is 5.56 Å². The summed E-state index contributed by atoms with van der Waals surface area (Å²) in [7, 11) is 0. The first kappa shape index (κ1) is 12.0. The molecule has 5 heteroatoms. The molecule has 0 saturated carbocycles. The predicted octanol–water partition coefficient (Wildman–Crippen LogP) is 1.97. The maximum Gasteiger partial charge on any atom is 0.416 e. The molecule has 1 aromatic carbocycles. The van der Waals surface area contributed by atoms with Crippen molar-refractivity contribution in [2.75, 3.05) is 6.54 Å². The average molecular weight is 218 g/mol. The van der Waals surface area contributed by atoms with E-state index in [0.717, 1.165) is 6.07 Å². The molecule has 2 nitrogen and oxygen atoms in total. The molecule has 84 valence electrons. The van der Waals surface area contributed by atoms with Crippen LogP contribution in [0.3, 0.4) is 0 Å². The van der Waals surface area contributed by atoms with Crippen LogP contribution in [-0.2, 0) is 6.18 Å². The number of alkyl halides is 3. The molecule has 0 saturated heterocycles. The van der Waals surface area contributed by atoms with E-state index in [-0.39, 0.29) is 12.1 Å². The molecule has 0 fully saturated rings. The third kappa shape index (κ3) is 2.70. The van der Waals surface area contributed by atoms with Gasteiger partial charge in [-0.25, -0.2) is 0 Å². The second-order valence-electron chi connectivity index (χ2n) is 3.41. The topological polar surface area (TPSA) is 52.0 Å². The smallest absolute Gasteiger partial charge is 0.329 e. The molecule has 1 rings (SSSR count). The standard InChI is InChI=1S/C10H13F3N2/c1-6-2-3-7(9(15)5-14)4-8(6)10(11,12)13/h2-4,9H,5,14-15H2,1H3/t9-/m1/s1. The number of hydrogen-bond donors (Lipinski definition) is 2. The first-order chi connectivity index (χ1) is 6.86. The first-order valence-corrected chi connectivity index (χ1v) is 4.49. The first-order valence-electron chi connectivity index (χ1n) is 4.49. The molecule has 1 aromatic rings. The van der Waals surface area contributed by atoms with E-state index in [1.807, 2.05) is 0 Å². The van der Waals surface area contributed by atoms with Gasteiger partial charge < -0.3 is 11.5 Å². The van der Waals surface area contributed by atoms with E-state index in [1.165, 1.54) is 13.0 Å². The van der Waals surface area contributed by atoms with Crippen LogP contribution in [0.15, 0.2) is 18.2 Å². The lowest BCUT2D eigenvalue weighted by Crippen LogP contribution is -2.21. The number of benzene rings is 1. The van der Waals surface area contributed by atoms with E-state index in [2.05, 4.69) is 0 Å². The maximum atomic E-state index is 12.5. The highest BCUT2D eigenvalue weighted by Gasteiger charge is 2.32. The van der Waals surface area contributed by atoms with Gasteiger partial charge in [-0.15, -0.1) is 0 Å². The minimum atomic E-state index is -4.34. The summed E-state index contributed by atoms with van der Waals surface area (Å²) in [6.07, 6.45) is -4.34. The average Bonchev–Trinajstić information content (AvgIpc) is 2.15. The van der Waals surface area contributed by atoms with Crippen LogP contribution in [0.5, 0.6) is 0 Å². The fourth-order valence-corrected chi connectivity index (χ4v) is 1.31. The van der Waals surface area contributed by atoms with E-state index in [4.69, 9.17) is 11.5 Å². The van der Waals surface area contributed by atoms with Crippen LogP contribution >= 0.6 is 0 Å². The molecule has 0 heterocycles. The van der Waals surface area contributed by atoms with E-state index in [0.29, 0.717) is 5.56 Å². The molecule has 15 heavy (non-hydrogen) atoms. The summed E-state index contributed by atoms with van der Waals surface area (Å²) in [5.74, 6) is 0. The molecule has 0 spiro atoms. The highest BCUT2D eigenvalue weighted by atomic mass is 19.4. The van der Waals surface area contributed by atoms with Crippen molar-refractivity contribution in [3.8, 4) is 0 Å². The lowest BCUT2D eigenvalue weighted by atomic mass is 10.0. The lowest BCUT2D eigenvalue weighted by molar-refractivity contribution is -0.138. The SMILES string of the molecule is Cc1ccc([C@H](N)CN)cc1C(F)(F)F. The van der Waals surface area contributed by atoms with E-state index >= 15 is 0 Å². The number of rotatable bonds is 2. The van der Waals surface area contributed by atoms with Crippen LogP contribution in [-0.4, -0.2) is 6.54 Å². The molecule has 0 unspecified atom stereocenters. The zero-order valence-corrected chi connectivity index (χ0v) is 8.31. The van der Waals surface area contributed by atoms with Crippen molar-refractivity contribution in [2.45, 2.75) is 19.1 Å². The Balaban J connectivity index is 3.17. The molecule has 1 atom stereocenters. The monoisotopic (exact) mass is 218 g/mol. The molecule has 4 N–H and O–H groups in total. The Hall–Kier alpha value is -1.07. The molecule has 0 aliphatic rings. The maximum absolute atomic E-state index is 12.5. The summed E-state index contributed by atoms with van der Waals surface area (Å²) in [5.41, 5.74) is 10.8. The van der Waals surface area contributed by atoms with Gasteiger partial charge in [0.2, 0.25) is 0 Å². The zero-order chi connectivity index (χ0) is 11.6. The third-order valence-corrected chi connectivity index (χ3v) is 2.25. The molecular formula is C10H13F3N2. The summed E-state index contributed by atoms with van der Waals surface area (Å²) >= 11 is 0. The van der Waals surface area contributed by atoms with Crippen LogP contribution in [0.25, 0.3) is 0 Å². The minimum Gasteiger partial charge on any atom is -0.329 e. The largest absolute Gasteiger partial charge is 0.416 e. The van der Waals surface area contributed by atoms with Crippen molar-refractivity contribution in [3.05, 3.63) is 34.9 Å². The van der Waals surface area contributed by atoms with Gasteiger partial charge in [-0.05, 0) is 24.1 Å². The summed E-state index contributed by atoms with van der Waals surface area (Å²) in [6, 6.07) is 3.49. The van der Waals surface area contributed by atoms with Crippen molar-refractivity contribution in [2.24, 2.45) is 11.5 Å². The normalized spacial score (nSPS) is 14.0. The van der Waals surface area contributed by atoms with Gasteiger partial charge in [-0.3, -0.25) is 0 Å². The summed E-state index contributed by atoms with van der Waals surface area (Å²) < 4.78 is 37.6. The van der Waals surface area contributed by atoms with Gasteiger partial charge in [-0.2, -0.15) is 13.2 Å². The Morgan fingerprint density at radius 1 is 1.33 bits per heavy atom. The van der Waals surface area contributed by atoms with Gasteiger partial charge in [0.1, 0.15) is 0 Å². The molecule has 0 radical (unpaired) electrons. The molecule has 0 amide bonds. The fraction of sp³-hybridized carbons (Fsp3) is 0.400. The summed E-state index contributed by atoms with van der Waals surface area (Å²) in [4.78, 5) is 0. The van der Waals surface area contributed by atoms with Crippen LogP contribution < -0.4 is 11.5 Å². The Morgan fingerprint density at radius 3 is 2.40 bits per heavy atom. The zero-order valence-electron chi connectivity index (χ0n) is 8.31. The van der Waals surface area contributed by atoms with Crippen molar-refractivity contribution >= 4 is 0 Å². The highest BCUT2D eigenvalue weighted by molar-refractivity contribution is 5.34. The number of nitrogens with two attached hydrogens (primary N) is 2. The van der Waals surface area contributed by atoms with Crippen molar-refractivity contribution in [3.63, 3.8) is 0 Å². The minimum absolute atomic E-state index is 0.125. The third-order valence-electron chi connectivity index (χ3n) is 2.25. The predicted molar refractivity (Wildman–Crippen MR) is 52.2 cm³/mol. The molecule has 0 aromatic heterocycles. The van der Waals surface area contributed by atoms with Gasteiger partial charge in [-0.1, -0.05) is 12.1 Å². The second kappa shape index (κ2) is 4.20. The van der Waals surface area contributed by atoms with Gasteiger partial charge >= 0.3 is 6.18 Å². The van der Waals surface area contributed by atoms with Gasteiger partial charge in [0.25, 0.3) is 0 Å². The van der Waals surface area contributed by atoms with Gasteiger partial charge in [0, 0.05) is 12.6 Å². The number of hydrogen-bond acceptors (Lipinski definition) is 2. The highest BCUT2D eigenvalue weighted by Crippen LogP contribution is 2.33. The van der Waals surface area contributed by atoms with Crippen molar-refractivity contribution in [1.82, 2.24) is 0 Å². The Morgan fingerprint density at radius 2 is 1.93 bits per heavy atom. The molecule has 0 aliphatic heterocycles. The fourth-order valence-electron chi connectivity index (χ4n) is 1.31. The number of aryl methyl sites for hydroxylation is 1.